The molecule has 1 N–H and O–H groups in total. The first-order valence-corrected chi connectivity index (χ1v) is 4.82. The molecule has 1 aromatic rings. The quantitative estimate of drug-likeness (QED) is 0.750. The minimum absolute atomic E-state index is 0.467. The minimum Gasteiger partial charge on any atom is -0.481 e. The summed E-state index contributed by atoms with van der Waals surface area (Å²) in [4.78, 5) is 7.87. The van der Waals surface area contributed by atoms with Gasteiger partial charge in [-0.05, 0) is 19.8 Å². The Morgan fingerprint density at radius 1 is 1.60 bits per heavy atom. The molecular formula is C11H16N2O2. The van der Waals surface area contributed by atoms with Gasteiger partial charge in [-0.25, -0.2) is 9.97 Å². The Morgan fingerprint density at radius 2 is 2.33 bits per heavy atom. The lowest BCUT2D eigenvalue weighted by Gasteiger charge is -2.10. The molecule has 0 saturated carbocycles. The first-order valence-electron chi connectivity index (χ1n) is 4.82. The summed E-state index contributed by atoms with van der Waals surface area (Å²) < 4.78 is 4.95. The van der Waals surface area contributed by atoms with Crippen molar-refractivity contribution in [3.8, 4) is 5.88 Å². The zero-order valence-electron chi connectivity index (χ0n) is 9.10. The summed E-state index contributed by atoms with van der Waals surface area (Å²) in [7, 11) is 1.53. The third kappa shape index (κ3) is 3.67. The van der Waals surface area contributed by atoms with Gasteiger partial charge in [0.15, 0.2) is 0 Å². The Kier molecular flexibility index (Phi) is 4.24. The van der Waals surface area contributed by atoms with E-state index < -0.39 is 6.10 Å². The number of allylic oxidation sites excluding steroid dienone is 1. The number of nitrogens with zero attached hydrogens (tertiary/aromatic N) is 2. The van der Waals surface area contributed by atoms with Crippen molar-refractivity contribution in [3.63, 3.8) is 0 Å². The SMILES string of the molecule is C=C(C)CCC(O)c1cc(OC)ncn1. The fourth-order valence-corrected chi connectivity index (χ4v) is 1.18. The van der Waals surface area contributed by atoms with E-state index in [9.17, 15) is 5.11 Å². The Labute approximate surface area is 89.6 Å². The van der Waals surface area contributed by atoms with Gasteiger partial charge in [-0.1, -0.05) is 5.57 Å². The number of aromatic nitrogens is 2. The normalized spacial score (nSPS) is 12.2. The average molecular weight is 208 g/mol. The van der Waals surface area contributed by atoms with Crippen LogP contribution in [0.3, 0.4) is 0 Å². The van der Waals surface area contributed by atoms with Crippen LogP contribution in [0.5, 0.6) is 5.88 Å². The molecule has 1 atom stereocenters. The molecule has 0 spiro atoms. The maximum atomic E-state index is 9.80. The topological polar surface area (TPSA) is 55.2 Å². The highest BCUT2D eigenvalue weighted by atomic mass is 16.5. The number of ether oxygens (including phenoxy) is 1. The minimum atomic E-state index is -0.585. The van der Waals surface area contributed by atoms with Gasteiger partial charge in [0, 0.05) is 6.07 Å². The van der Waals surface area contributed by atoms with Crippen LogP contribution in [-0.2, 0) is 0 Å². The summed E-state index contributed by atoms with van der Waals surface area (Å²) in [6.45, 7) is 5.72. The summed E-state index contributed by atoms with van der Waals surface area (Å²) in [6.07, 6.45) is 2.21. The van der Waals surface area contributed by atoms with Crippen LogP contribution in [0.15, 0.2) is 24.5 Å². The Hall–Kier alpha value is -1.42. The lowest BCUT2D eigenvalue weighted by molar-refractivity contribution is 0.162. The molecule has 15 heavy (non-hydrogen) atoms. The van der Waals surface area contributed by atoms with Crippen molar-refractivity contribution in [1.82, 2.24) is 9.97 Å². The van der Waals surface area contributed by atoms with Crippen LogP contribution in [0, 0.1) is 0 Å². The Balaban J connectivity index is 2.64. The first-order chi connectivity index (χ1) is 7.13. The number of aliphatic hydroxyl groups is 1. The van der Waals surface area contributed by atoms with Gasteiger partial charge in [-0.15, -0.1) is 6.58 Å². The van der Waals surface area contributed by atoms with Crippen LogP contribution in [-0.4, -0.2) is 22.2 Å². The molecule has 4 heteroatoms. The molecule has 0 aromatic carbocycles. The van der Waals surface area contributed by atoms with Crippen LogP contribution in [0.1, 0.15) is 31.6 Å². The van der Waals surface area contributed by atoms with Crippen LogP contribution in [0.4, 0.5) is 0 Å². The zero-order chi connectivity index (χ0) is 11.3. The molecule has 0 amide bonds. The molecule has 0 aliphatic carbocycles. The molecule has 1 heterocycles. The van der Waals surface area contributed by atoms with E-state index in [4.69, 9.17) is 4.74 Å². The molecule has 0 aliphatic rings. The Morgan fingerprint density at radius 3 is 2.93 bits per heavy atom. The second-order valence-electron chi connectivity index (χ2n) is 3.50. The number of hydrogen-bond acceptors (Lipinski definition) is 4. The summed E-state index contributed by atoms with van der Waals surface area (Å²) in [5, 5.41) is 9.80. The lowest BCUT2D eigenvalue weighted by atomic mass is 10.1. The molecule has 0 saturated heterocycles. The summed E-state index contributed by atoms with van der Waals surface area (Å²) >= 11 is 0. The van der Waals surface area contributed by atoms with Crippen LogP contribution in [0.25, 0.3) is 0 Å². The van der Waals surface area contributed by atoms with Gasteiger partial charge in [0.25, 0.3) is 0 Å². The predicted octanol–water partition coefficient (Wildman–Crippen LogP) is 1.87. The molecular weight excluding hydrogens is 192 g/mol. The van der Waals surface area contributed by atoms with Crippen molar-refractivity contribution in [1.29, 1.82) is 0 Å². The van der Waals surface area contributed by atoms with Crippen molar-refractivity contribution in [3.05, 3.63) is 30.2 Å². The summed E-state index contributed by atoms with van der Waals surface area (Å²) in [5.41, 5.74) is 1.64. The number of methoxy groups -OCH3 is 1. The van der Waals surface area contributed by atoms with Gasteiger partial charge in [0.2, 0.25) is 5.88 Å². The zero-order valence-corrected chi connectivity index (χ0v) is 9.10. The average Bonchev–Trinajstić information content (AvgIpc) is 2.26. The fourth-order valence-electron chi connectivity index (χ4n) is 1.18. The molecule has 0 fully saturated rings. The van der Waals surface area contributed by atoms with Crippen LogP contribution >= 0.6 is 0 Å². The lowest BCUT2D eigenvalue weighted by Crippen LogP contribution is -2.02. The molecule has 0 aliphatic heterocycles. The van der Waals surface area contributed by atoms with E-state index in [0.717, 1.165) is 12.0 Å². The third-order valence-electron chi connectivity index (χ3n) is 2.06. The molecule has 0 radical (unpaired) electrons. The van der Waals surface area contributed by atoms with Crippen molar-refractivity contribution < 1.29 is 9.84 Å². The molecule has 1 rings (SSSR count). The van der Waals surface area contributed by atoms with E-state index in [1.807, 2.05) is 6.92 Å². The molecule has 82 valence electrons. The number of hydrogen-bond donors (Lipinski definition) is 1. The highest BCUT2D eigenvalue weighted by molar-refractivity contribution is 5.15. The van der Waals surface area contributed by atoms with E-state index in [0.29, 0.717) is 18.0 Å². The monoisotopic (exact) mass is 208 g/mol. The van der Waals surface area contributed by atoms with Gasteiger partial charge in [0.1, 0.15) is 6.33 Å². The second-order valence-corrected chi connectivity index (χ2v) is 3.50. The number of aliphatic hydroxyl groups excluding tert-OH is 1. The molecule has 1 aromatic heterocycles. The van der Waals surface area contributed by atoms with Crippen LogP contribution < -0.4 is 4.74 Å². The van der Waals surface area contributed by atoms with Crippen molar-refractivity contribution in [2.45, 2.75) is 25.9 Å². The van der Waals surface area contributed by atoms with Crippen molar-refractivity contribution in [2.24, 2.45) is 0 Å². The van der Waals surface area contributed by atoms with Crippen LogP contribution in [0.2, 0.25) is 0 Å². The van der Waals surface area contributed by atoms with E-state index in [2.05, 4.69) is 16.5 Å². The van der Waals surface area contributed by atoms with E-state index >= 15 is 0 Å². The van der Waals surface area contributed by atoms with Gasteiger partial charge in [-0.2, -0.15) is 0 Å². The van der Waals surface area contributed by atoms with E-state index in [-0.39, 0.29) is 0 Å². The Bertz CT molecular complexity index is 339. The first kappa shape index (κ1) is 11.7. The van der Waals surface area contributed by atoms with E-state index in [1.54, 1.807) is 6.07 Å². The maximum absolute atomic E-state index is 9.80. The summed E-state index contributed by atoms with van der Waals surface area (Å²) in [6, 6.07) is 1.64. The maximum Gasteiger partial charge on any atom is 0.216 e. The molecule has 0 bridgehead atoms. The molecule has 4 nitrogen and oxygen atoms in total. The summed E-state index contributed by atoms with van der Waals surface area (Å²) in [5.74, 6) is 0.467. The highest BCUT2D eigenvalue weighted by Crippen LogP contribution is 2.20. The van der Waals surface area contributed by atoms with Crippen molar-refractivity contribution in [2.75, 3.05) is 7.11 Å². The number of rotatable bonds is 5. The standard InChI is InChI=1S/C11H16N2O2/c1-8(2)4-5-10(14)9-6-11(15-3)13-7-12-9/h6-7,10,14H,1,4-5H2,2-3H3. The largest absolute Gasteiger partial charge is 0.481 e. The van der Waals surface area contributed by atoms with E-state index in [1.165, 1.54) is 13.4 Å². The third-order valence-corrected chi connectivity index (χ3v) is 2.06. The van der Waals surface area contributed by atoms with Gasteiger partial charge in [0.05, 0.1) is 18.9 Å². The highest BCUT2D eigenvalue weighted by Gasteiger charge is 2.10. The van der Waals surface area contributed by atoms with Gasteiger partial charge in [-0.3, -0.25) is 0 Å². The predicted molar refractivity (Wildman–Crippen MR) is 57.6 cm³/mol. The van der Waals surface area contributed by atoms with Gasteiger partial charge < -0.3 is 9.84 Å². The second kappa shape index (κ2) is 5.46. The van der Waals surface area contributed by atoms with Gasteiger partial charge >= 0.3 is 0 Å². The van der Waals surface area contributed by atoms with Crippen molar-refractivity contribution >= 4 is 0 Å². The fraction of sp³-hybridized carbons (Fsp3) is 0.455. The molecule has 1 unspecified atom stereocenters. The smallest absolute Gasteiger partial charge is 0.216 e.